The number of aromatic nitrogens is 2. The van der Waals surface area contributed by atoms with Crippen molar-refractivity contribution in [3.63, 3.8) is 0 Å². The number of hydrogen-bond acceptors (Lipinski definition) is 3. The van der Waals surface area contributed by atoms with E-state index in [1.807, 2.05) is 13.0 Å². The van der Waals surface area contributed by atoms with Crippen molar-refractivity contribution in [1.82, 2.24) is 9.97 Å². The highest BCUT2D eigenvalue weighted by Crippen LogP contribution is 2.40. The second-order valence-electron chi connectivity index (χ2n) is 4.89. The molecule has 1 aromatic heterocycles. The minimum Gasteiger partial charge on any atom is -0.367 e. The predicted octanol–water partition coefficient (Wildman–Crippen LogP) is 3.58. The molecule has 17 heavy (non-hydrogen) atoms. The molecule has 0 radical (unpaired) electrons. The molecule has 1 saturated carbocycles. The van der Waals surface area contributed by atoms with Crippen molar-refractivity contribution < 1.29 is 4.74 Å². The minimum absolute atomic E-state index is 0.240. The van der Waals surface area contributed by atoms with Gasteiger partial charge in [0.25, 0.3) is 0 Å². The molecule has 0 aromatic carbocycles. The van der Waals surface area contributed by atoms with Gasteiger partial charge in [0.15, 0.2) is 0 Å². The molecule has 1 aliphatic carbocycles. The first-order valence-corrected chi connectivity index (χ1v) is 6.77. The van der Waals surface area contributed by atoms with E-state index in [1.165, 1.54) is 12.8 Å². The summed E-state index contributed by atoms with van der Waals surface area (Å²) in [5.74, 6) is 1.69. The number of aromatic amines is 1. The van der Waals surface area contributed by atoms with Crippen LogP contribution in [-0.4, -0.2) is 16.6 Å². The van der Waals surface area contributed by atoms with Gasteiger partial charge in [0.1, 0.15) is 16.1 Å². The molecule has 1 aromatic rings. The van der Waals surface area contributed by atoms with E-state index in [9.17, 15) is 0 Å². The van der Waals surface area contributed by atoms with Gasteiger partial charge in [0.2, 0.25) is 0 Å². The van der Waals surface area contributed by atoms with Crippen LogP contribution in [0.25, 0.3) is 0 Å². The third-order valence-corrected chi connectivity index (χ3v) is 3.84. The number of rotatable bonds is 3. The molecule has 3 nitrogen and oxygen atoms in total. The monoisotopic (exact) mass is 252 g/mol. The molecule has 2 rings (SSSR count). The minimum atomic E-state index is -0.240. The average Bonchev–Trinajstić information content (AvgIpc) is 2.33. The molecule has 1 fully saturated rings. The molecule has 4 heteroatoms. The van der Waals surface area contributed by atoms with Crippen LogP contribution >= 0.6 is 12.2 Å². The number of nitrogens with one attached hydrogen (secondary N) is 1. The molecule has 1 heterocycles. The molecule has 0 saturated heterocycles. The molecule has 0 unspecified atom stereocenters. The van der Waals surface area contributed by atoms with Crippen LogP contribution in [0.5, 0.6) is 0 Å². The molecule has 0 aliphatic heterocycles. The maximum atomic E-state index is 6.02. The Kier molecular flexibility index (Phi) is 3.94. The molecule has 0 amide bonds. The lowest BCUT2D eigenvalue weighted by atomic mass is 9.79. The fourth-order valence-electron chi connectivity index (χ4n) is 2.56. The van der Waals surface area contributed by atoms with Gasteiger partial charge in [0, 0.05) is 12.8 Å². The van der Waals surface area contributed by atoms with Crippen molar-refractivity contribution in [2.24, 2.45) is 5.92 Å². The summed E-state index contributed by atoms with van der Waals surface area (Å²) < 4.78 is 6.75. The Labute approximate surface area is 108 Å². The van der Waals surface area contributed by atoms with Crippen LogP contribution < -0.4 is 0 Å². The zero-order chi connectivity index (χ0) is 12.3. The van der Waals surface area contributed by atoms with E-state index in [4.69, 9.17) is 17.0 Å². The summed E-state index contributed by atoms with van der Waals surface area (Å²) in [6.07, 6.45) is 6.22. The average molecular weight is 252 g/mol. The quantitative estimate of drug-likeness (QED) is 0.836. The van der Waals surface area contributed by atoms with Crippen molar-refractivity contribution >= 4 is 12.2 Å². The van der Waals surface area contributed by atoms with Gasteiger partial charge in [-0.15, -0.1) is 0 Å². The van der Waals surface area contributed by atoms with Crippen molar-refractivity contribution in [3.05, 3.63) is 22.7 Å². The lowest BCUT2D eigenvalue weighted by Crippen LogP contribution is -2.36. The number of H-pyrrole nitrogens is 1. The van der Waals surface area contributed by atoms with Crippen molar-refractivity contribution in [2.45, 2.75) is 45.1 Å². The highest BCUT2D eigenvalue weighted by molar-refractivity contribution is 7.71. The Hall–Kier alpha value is -0.740. The predicted molar refractivity (Wildman–Crippen MR) is 70.4 cm³/mol. The molecule has 0 atom stereocenters. The Morgan fingerprint density at radius 3 is 2.82 bits per heavy atom. The highest BCUT2D eigenvalue weighted by atomic mass is 32.1. The zero-order valence-corrected chi connectivity index (χ0v) is 11.3. The fourth-order valence-corrected chi connectivity index (χ4v) is 2.71. The topological polar surface area (TPSA) is 37.9 Å². The van der Waals surface area contributed by atoms with Gasteiger partial charge in [-0.2, -0.15) is 0 Å². The Morgan fingerprint density at radius 2 is 2.24 bits per heavy atom. The summed E-state index contributed by atoms with van der Waals surface area (Å²) in [4.78, 5) is 7.63. The van der Waals surface area contributed by atoms with Crippen LogP contribution in [0, 0.1) is 10.6 Å². The SMILES string of the molecule is CCOC1(c2nccc(=S)[nH]2)CCC(C)CC1. The Balaban J connectivity index is 2.31. The maximum absolute atomic E-state index is 6.02. The third-order valence-electron chi connectivity index (χ3n) is 3.61. The molecule has 1 aliphatic rings. The van der Waals surface area contributed by atoms with Crippen LogP contribution in [0.3, 0.4) is 0 Å². The van der Waals surface area contributed by atoms with Gasteiger partial charge in [-0.05, 0) is 44.6 Å². The largest absolute Gasteiger partial charge is 0.367 e. The first kappa shape index (κ1) is 12.7. The lowest BCUT2D eigenvalue weighted by Gasteiger charge is -2.38. The second-order valence-corrected chi connectivity index (χ2v) is 5.33. The van der Waals surface area contributed by atoms with Crippen LogP contribution in [0.4, 0.5) is 0 Å². The van der Waals surface area contributed by atoms with E-state index in [1.54, 1.807) is 6.20 Å². The Bertz CT molecular complexity index is 421. The molecule has 0 bridgehead atoms. The zero-order valence-electron chi connectivity index (χ0n) is 10.5. The Morgan fingerprint density at radius 1 is 1.53 bits per heavy atom. The highest BCUT2D eigenvalue weighted by Gasteiger charge is 2.38. The summed E-state index contributed by atoms with van der Waals surface area (Å²) >= 11 is 5.17. The molecular weight excluding hydrogens is 232 g/mol. The van der Waals surface area contributed by atoms with Crippen LogP contribution in [0.2, 0.25) is 0 Å². The number of nitrogens with zero attached hydrogens (tertiary/aromatic N) is 1. The van der Waals surface area contributed by atoms with Crippen molar-refractivity contribution in [3.8, 4) is 0 Å². The van der Waals surface area contributed by atoms with Gasteiger partial charge in [0.05, 0.1) is 0 Å². The van der Waals surface area contributed by atoms with Gasteiger partial charge in [-0.3, -0.25) is 0 Å². The van der Waals surface area contributed by atoms with Crippen LogP contribution in [-0.2, 0) is 10.3 Å². The number of hydrogen-bond donors (Lipinski definition) is 1. The fraction of sp³-hybridized carbons (Fsp3) is 0.692. The van der Waals surface area contributed by atoms with Crippen LogP contribution in [0.15, 0.2) is 12.3 Å². The van der Waals surface area contributed by atoms with E-state index in [0.29, 0.717) is 6.61 Å². The van der Waals surface area contributed by atoms with Gasteiger partial charge in [-0.1, -0.05) is 19.1 Å². The summed E-state index contributed by atoms with van der Waals surface area (Å²) in [5.41, 5.74) is -0.240. The summed E-state index contributed by atoms with van der Waals surface area (Å²) in [7, 11) is 0. The molecule has 0 spiro atoms. The lowest BCUT2D eigenvalue weighted by molar-refractivity contribution is -0.0837. The standard InChI is InChI=1S/C13H20N2OS/c1-3-16-13(7-4-10(2)5-8-13)12-14-9-6-11(17)15-12/h6,9-10H,3-5,7-8H2,1-2H3,(H,14,15,17). The van der Waals surface area contributed by atoms with Gasteiger partial charge >= 0.3 is 0 Å². The second kappa shape index (κ2) is 5.27. The van der Waals surface area contributed by atoms with E-state index in [-0.39, 0.29) is 5.60 Å². The van der Waals surface area contributed by atoms with Crippen molar-refractivity contribution in [2.75, 3.05) is 6.61 Å². The van der Waals surface area contributed by atoms with E-state index < -0.39 is 0 Å². The summed E-state index contributed by atoms with van der Waals surface area (Å²) in [5, 5.41) is 0. The molecule has 1 N–H and O–H groups in total. The molecule has 94 valence electrons. The van der Waals surface area contributed by atoms with Crippen molar-refractivity contribution in [1.29, 1.82) is 0 Å². The normalized spacial score (nSPS) is 29.2. The van der Waals surface area contributed by atoms with Gasteiger partial charge in [-0.25, -0.2) is 4.98 Å². The molecular formula is C13H20N2OS. The maximum Gasteiger partial charge on any atom is 0.139 e. The summed E-state index contributed by atoms with van der Waals surface area (Å²) in [6, 6.07) is 1.81. The smallest absolute Gasteiger partial charge is 0.139 e. The first-order chi connectivity index (χ1) is 8.16. The summed E-state index contributed by atoms with van der Waals surface area (Å²) in [6.45, 7) is 5.05. The third kappa shape index (κ3) is 2.75. The van der Waals surface area contributed by atoms with Gasteiger partial charge < -0.3 is 9.72 Å². The first-order valence-electron chi connectivity index (χ1n) is 6.36. The van der Waals surface area contributed by atoms with E-state index in [0.717, 1.165) is 29.2 Å². The van der Waals surface area contributed by atoms with E-state index >= 15 is 0 Å². The number of ether oxygens (including phenoxy) is 1. The van der Waals surface area contributed by atoms with E-state index in [2.05, 4.69) is 16.9 Å². The van der Waals surface area contributed by atoms with Crippen LogP contribution in [0.1, 0.15) is 45.4 Å².